The zero-order valence-electron chi connectivity index (χ0n) is 15.9. The average molecular weight is 367 g/mol. The van der Waals surface area contributed by atoms with Gasteiger partial charge in [-0.15, -0.1) is 0 Å². The molecule has 2 heterocycles. The van der Waals surface area contributed by atoms with E-state index in [1.54, 1.807) is 0 Å². The van der Waals surface area contributed by atoms with Gasteiger partial charge in [0.1, 0.15) is 0 Å². The number of carbonyl (C=O) groups excluding carboxylic acids is 2. The van der Waals surface area contributed by atoms with Gasteiger partial charge in [0.25, 0.3) is 0 Å². The lowest BCUT2D eigenvalue weighted by Gasteiger charge is -2.33. The minimum absolute atomic E-state index is 0.0402. The Labute approximate surface area is 156 Å². The molecule has 3 rings (SSSR count). The summed E-state index contributed by atoms with van der Waals surface area (Å²) in [4.78, 5) is 29.0. The molecule has 0 unspecified atom stereocenters. The first kappa shape index (κ1) is 19.4. The molecule has 0 aromatic carbocycles. The van der Waals surface area contributed by atoms with E-state index < -0.39 is 0 Å². The normalized spacial score (nSPS) is 23.6. The Bertz CT molecular complexity index is 454. The Morgan fingerprint density at radius 2 is 1.62 bits per heavy atom. The summed E-state index contributed by atoms with van der Waals surface area (Å²) in [6, 6.07) is 0.403. The molecule has 0 spiro atoms. The molecule has 0 atom stereocenters. The van der Waals surface area contributed by atoms with Gasteiger partial charge < -0.3 is 20.3 Å². The van der Waals surface area contributed by atoms with Crippen LogP contribution in [0.3, 0.4) is 0 Å². The van der Waals surface area contributed by atoms with Gasteiger partial charge in [-0.3, -0.25) is 9.69 Å². The number of urea groups is 1. The standard InChI is InChI=1S/C19H34N4O3/c24-18(20-8-11-22-12-14-26-15-13-22)16-6-9-23(10-7-16)19(25)21-17-4-2-1-3-5-17/h16-17H,1-15H2,(H,20,24)(H,21,25). The molecule has 148 valence electrons. The van der Waals surface area contributed by atoms with Crippen LogP contribution in [0.25, 0.3) is 0 Å². The lowest BCUT2D eigenvalue weighted by atomic mass is 9.95. The maximum Gasteiger partial charge on any atom is 0.317 e. The second-order valence-corrected chi connectivity index (χ2v) is 7.79. The van der Waals surface area contributed by atoms with Gasteiger partial charge in [-0.2, -0.15) is 0 Å². The molecule has 0 radical (unpaired) electrons. The second-order valence-electron chi connectivity index (χ2n) is 7.79. The molecule has 1 aliphatic carbocycles. The average Bonchev–Trinajstić information content (AvgIpc) is 2.69. The molecule has 0 aromatic rings. The fourth-order valence-corrected chi connectivity index (χ4v) is 4.16. The third-order valence-corrected chi connectivity index (χ3v) is 5.92. The summed E-state index contributed by atoms with van der Waals surface area (Å²) in [5.41, 5.74) is 0. The van der Waals surface area contributed by atoms with Crippen molar-refractivity contribution in [3.8, 4) is 0 Å². The first-order chi connectivity index (χ1) is 12.7. The highest BCUT2D eigenvalue weighted by atomic mass is 16.5. The topological polar surface area (TPSA) is 73.9 Å². The maximum atomic E-state index is 12.4. The quantitative estimate of drug-likeness (QED) is 0.767. The van der Waals surface area contributed by atoms with E-state index in [1.807, 2.05) is 4.90 Å². The number of morpholine rings is 1. The fourth-order valence-electron chi connectivity index (χ4n) is 4.16. The van der Waals surface area contributed by atoms with E-state index in [0.29, 0.717) is 25.7 Å². The molecule has 3 amide bonds. The Balaban J connectivity index is 1.30. The van der Waals surface area contributed by atoms with Crippen LogP contribution in [-0.4, -0.2) is 80.3 Å². The third kappa shape index (κ3) is 5.84. The molecule has 7 nitrogen and oxygen atoms in total. The van der Waals surface area contributed by atoms with Crippen molar-refractivity contribution in [3.63, 3.8) is 0 Å². The number of hydrogen-bond donors (Lipinski definition) is 2. The molecular formula is C19H34N4O3. The lowest BCUT2D eigenvalue weighted by molar-refractivity contribution is -0.126. The van der Waals surface area contributed by atoms with Gasteiger partial charge >= 0.3 is 6.03 Å². The van der Waals surface area contributed by atoms with Gasteiger partial charge in [0.2, 0.25) is 5.91 Å². The predicted molar refractivity (Wildman–Crippen MR) is 100.0 cm³/mol. The second kappa shape index (κ2) is 10.1. The summed E-state index contributed by atoms with van der Waals surface area (Å²) < 4.78 is 5.33. The molecule has 2 N–H and O–H groups in total. The van der Waals surface area contributed by atoms with E-state index in [4.69, 9.17) is 4.74 Å². The Morgan fingerprint density at radius 3 is 2.31 bits per heavy atom. The maximum absolute atomic E-state index is 12.4. The van der Waals surface area contributed by atoms with E-state index in [2.05, 4.69) is 15.5 Å². The molecule has 1 saturated carbocycles. The number of nitrogens with zero attached hydrogens (tertiary/aromatic N) is 2. The predicted octanol–water partition coefficient (Wildman–Crippen LogP) is 1.19. The summed E-state index contributed by atoms with van der Waals surface area (Å²) in [7, 11) is 0. The van der Waals surface area contributed by atoms with Crippen molar-refractivity contribution in [1.29, 1.82) is 0 Å². The number of rotatable bonds is 5. The van der Waals surface area contributed by atoms with Gasteiger partial charge in [0, 0.05) is 51.2 Å². The monoisotopic (exact) mass is 366 g/mol. The number of nitrogens with one attached hydrogen (secondary N) is 2. The molecule has 3 aliphatic rings. The zero-order chi connectivity index (χ0) is 18.2. The zero-order valence-corrected chi connectivity index (χ0v) is 15.9. The van der Waals surface area contributed by atoms with E-state index >= 15 is 0 Å². The smallest absolute Gasteiger partial charge is 0.317 e. The summed E-state index contributed by atoms with van der Waals surface area (Å²) >= 11 is 0. The summed E-state index contributed by atoms with van der Waals surface area (Å²) in [6.07, 6.45) is 7.47. The van der Waals surface area contributed by atoms with Crippen LogP contribution in [-0.2, 0) is 9.53 Å². The summed E-state index contributed by atoms with van der Waals surface area (Å²) in [5, 5.41) is 6.24. The molecular weight excluding hydrogens is 332 g/mol. The number of carbonyl (C=O) groups is 2. The van der Waals surface area contributed by atoms with E-state index in [0.717, 1.165) is 58.5 Å². The molecule has 3 fully saturated rings. The van der Waals surface area contributed by atoms with Crippen LogP contribution in [0.2, 0.25) is 0 Å². The SMILES string of the molecule is O=C(NCCN1CCOCC1)C1CCN(C(=O)NC2CCCCC2)CC1. The third-order valence-electron chi connectivity index (χ3n) is 5.92. The summed E-state index contributed by atoms with van der Waals surface area (Å²) in [5.74, 6) is 0.184. The van der Waals surface area contributed by atoms with Crippen molar-refractivity contribution in [2.45, 2.75) is 51.0 Å². The summed E-state index contributed by atoms with van der Waals surface area (Å²) in [6.45, 7) is 6.42. The Kier molecular flexibility index (Phi) is 7.55. The molecule has 7 heteroatoms. The van der Waals surface area contributed by atoms with Crippen LogP contribution in [0, 0.1) is 5.92 Å². The van der Waals surface area contributed by atoms with Gasteiger partial charge in [-0.05, 0) is 25.7 Å². The minimum Gasteiger partial charge on any atom is -0.379 e. The van der Waals surface area contributed by atoms with Crippen LogP contribution in [0.1, 0.15) is 44.9 Å². The van der Waals surface area contributed by atoms with Crippen LogP contribution < -0.4 is 10.6 Å². The molecule has 2 aliphatic heterocycles. The van der Waals surface area contributed by atoms with E-state index in [1.165, 1.54) is 19.3 Å². The highest BCUT2D eigenvalue weighted by Crippen LogP contribution is 2.20. The van der Waals surface area contributed by atoms with E-state index in [9.17, 15) is 9.59 Å². The molecule has 26 heavy (non-hydrogen) atoms. The number of hydrogen-bond acceptors (Lipinski definition) is 4. The van der Waals surface area contributed by atoms with Crippen molar-refractivity contribution in [2.75, 3.05) is 52.5 Å². The first-order valence-electron chi connectivity index (χ1n) is 10.4. The fraction of sp³-hybridized carbons (Fsp3) is 0.895. The number of amides is 3. The number of ether oxygens (including phenoxy) is 1. The van der Waals surface area contributed by atoms with Crippen molar-refractivity contribution in [3.05, 3.63) is 0 Å². The lowest BCUT2D eigenvalue weighted by Crippen LogP contribution is -2.50. The molecule has 0 bridgehead atoms. The minimum atomic E-state index is 0.0402. The Hall–Kier alpha value is -1.34. The van der Waals surface area contributed by atoms with Gasteiger partial charge in [-0.25, -0.2) is 4.79 Å². The van der Waals surface area contributed by atoms with E-state index in [-0.39, 0.29) is 17.9 Å². The first-order valence-corrected chi connectivity index (χ1v) is 10.4. The van der Waals surface area contributed by atoms with Crippen molar-refractivity contribution >= 4 is 11.9 Å². The Morgan fingerprint density at radius 1 is 0.923 bits per heavy atom. The molecule has 0 aromatic heterocycles. The van der Waals surface area contributed by atoms with Crippen LogP contribution >= 0.6 is 0 Å². The highest BCUT2D eigenvalue weighted by molar-refractivity contribution is 5.79. The van der Waals surface area contributed by atoms with Crippen LogP contribution in [0.4, 0.5) is 4.79 Å². The van der Waals surface area contributed by atoms with Crippen molar-refractivity contribution in [2.24, 2.45) is 5.92 Å². The molecule has 2 saturated heterocycles. The van der Waals surface area contributed by atoms with Gasteiger partial charge in [-0.1, -0.05) is 19.3 Å². The van der Waals surface area contributed by atoms with Gasteiger partial charge in [0.15, 0.2) is 0 Å². The van der Waals surface area contributed by atoms with Crippen molar-refractivity contribution in [1.82, 2.24) is 20.4 Å². The van der Waals surface area contributed by atoms with Gasteiger partial charge in [0.05, 0.1) is 13.2 Å². The number of piperidine rings is 1. The largest absolute Gasteiger partial charge is 0.379 e. The van der Waals surface area contributed by atoms with Crippen LogP contribution in [0.5, 0.6) is 0 Å². The van der Waals surface area contributed by atoms with Crippen LogP contribution in [0.15, 0.2) is 0 Å². The number of likely N-dealkylation sites (tertiary alicyclic amines) is 1. The van der Waals surface area contributed by atoms with Crippen molar-refractivity contribution < 1.29 is 14.3 Å². The highest BCUT2D eigenvalue weighted by Gasteiger charge is 2.28.